The van der Waals surface area contributed by atoms with Crippen LogP contribution in [0.5, 0.6) is 5.75 Å². The number of hydrogen-bond acceptors (Lipinski definition) is 5. The molecule has 0 saturated heterocycles. The molecule has 0 aromatic heterocycles. The third-order valence-corrected chi connectivity index (χ3v) is 3.41. The molecule has 0 radical (unpaired) electrons. The second-order valence-electron chi connectivity index (χ2n) is 3.13. The number of benzene rings is 1. The van der Waals surface area contributed by atoms with Gasteiger partial charge in [-0.15, -0.1) is 0 Å². The van der Waals surface area contributed by atoms with Gasteiger partial charge in [-0.25, -0.2) is 4.79 Å². The summed E-state index contributed by atoms with van der Waals surface area (Å²) in [6.45, 7) is 1.55. The molecular formula is C10H16O6SiZn. The molecule has 0 aliphatic carbocycles. The summed E-state index contributed by atoms with van der Waals surface area (Å²) in [5.41, 5.74) is -0.0671. The summed E-state index contributed by atoms with van der Waals surface area (Å²) in [7, 11) is 0.201. The Morgan fingerprint density at radius 1 is 1.22 bits per heavy atom. The molecule has 8 heteroatoms. The molecule has 0 spiro atoms. The first-order valence-electron chi connectivity index (χ1n) is 4.68. The first-order chi connectivity index (χ1) is 7.84. The van der Waals surface area contributed by atoms with Crippen molar-refractivity contribution in [2.24, 2.45) is 0 Å². The fraction of sp³-hybridized carbons (Fsp3) is 0.300. The van der Waals surface area contributed by atoms with Crippen LogP contribution in [0.4, 0.5) is 0 Å². The van der Waals surface area contributed by atoms with Crippen LogP contribution in [-0.2, 0) is 28.3 Å². The van der Waals surface area contributed by atoms with E-state index in [0.29, 0.717) is 0 Å². The average Bonchev–Trinajstić information content (AvgIpc) is 2.30. The molecule has 18 heavy (non-hydrogen) atoms. The first-order valence-corrected chi connectivity index (χ1v) is 6.94. The number of aromatic hydroxyl groups is 1. The largest absolute Gasteiger partial charge is 0.507 e. The van der Waals surface area contributed by atoms with Crippen molar-refractivity contribution in [1.82, 2.24) is 0 Å². The molecule has 0 fully saturated rings. The van der Waals surface area contributed by atoms with Crippen LogP contribution in [0.2, 0.25) is 6.55 Å². The van der Waals surface area contributed by atoms with Crippen LogP contribution in [0.25, 0.3) is 0 Å². The van der Waals surface area contributed by atoms with E-state index in [1.165, 1.54) is 26.4 Å². The van der Waals surface area contributed by atoms with Crippen molar-refractivity contribution in [2.75, 3.05) is 14.2 Å². The number of carboxylic acids is 1. The van der Waals surface area contributed by atoms with Gasteiger partial charge in [-0.2, -0.15) is 0 Å². The standard InChI is InChI=1S/C7H6O3.C3H10O3Si.Zn/c8-6-4-2-1-3-5(6)7(9)10;1-5-7(3,4)6-2;/h1-4,8H,(H,9,10);4H,1-3H3;. The number of phenols is 1. The van der Waals surface area contributed by atoms with Gasteiger partial charge in [-0.05, 0) is 12.1 Å². The van der Waals surface area contributed by atoms with Gasteiger partial charge in [0.15, 0.2) is 0 Å². The zero-order valence-corrected chi connectivity index (χ0v) is 14.6. The number of hydrogen-bond donors (Lipinski definition) is 3. The van der Waals surface area contributed by atoms with E-state index in [2.05, 4.69) is 8.85 Å². The predicted octanol–water partition coefficient (Wildman–Crippen LogP) is 0.928. The normalized spacial score (nSPS) is 9.78. The van der Waals surface area contributed by atoms with Crippen LogP contribution < -0.4 is 0 Å². The van der Waals surface area contributed by atoms with E-state index in [4.69, 9.17) is 15.0 Å². The molecule has 0 aliphatic rings. The van der Waals surface area contributed by atoms with Gasteiger partial charge in [0.05, 0.1) is 0 Å². The van der Waals surface area contributed by atoms with E-state index >= 15 is 0 Å². The molecule has 0 amide bonds. The zero-order valence-electron chi connectivity index (χ0n) is 10.6. The third kappa shape index (κ3) is 7.52. The molecule has 0 aliphatic heterocycles. The Balaban J connectivity index is 0. The van der Waals surface area contributed by atoms with Crippen LogP contribution in [-0.4, -0.2) is 44.0 Å². The van der Waals surface area contributed by atoms with Gasteiger partial charge in [-0.1, -0.05) is 12.1 Å². The van der Waals surface area contributed by atoms with Crippen molar-refractivity contribution in [2.45, 2.75) is 6.55 Å². The predicted molar refractivity (Wildman–Crippen MR) is 62.9 cm³/mol. The van der Waals surface area contributed by atoms with E-state index in [0.717, 1.165) is 0 Å². The molecule has 0 unspecified atom stereocenters. The van der Waals surface area contributed by atoms with E-state index < -0.39 is 14.8 Å². The maximum atomic E-state index is 10.3. The van der Waals surface area contributed by atoms with Crippen molar-refractivity contribution in [3.63, 3.8) is 0 Å². The molecule has 0 saturated carbocycles. The van der Waals surface area contributed by atoms with Crippen LogP contribution in [0.3, 0.4) is 0 Å². The number of carboxylic acid groups (broad SMARTS) is 1. The number of para-hydroxylation sites is 1. The Hall–Kier alpha value is -0.790. The minimum atomic E-state index is -2.65. The summed E-state index contributed by atoms with van der Waals surface area (Å²) >= 11 is 0. The van der Waals surface area contributed by atoms with E-state index in [9.17, 15) is 4.79 Å². The Morgan fingerprint density at radius 3 is 1.89 bits per heavy atom. The van der Waals surface area contributed by atoms with Gasteiger partial charge in [0, 0.05) is 40.2 Å². The molecule has 1 rings (SSSR count). The monoisotopic (exact) mass is 324 g/mol. The second-order valence-corrected chi connectivity index (χ2v) is 5.74. The van der Waals surface area contributed by atoms with Gasteiger partial charge < -0.3 is 23.9 Å². The number of carbonyl (C=O) groups is 1. The second kappa shape index (κ2) is 9.18. The summed E-state index contributed by atoms with van der Waals surface area (Å²) in [6.07, 6.45) is 0. The summed E-state index contributed by atoms with van der Waals surface area (Å²) in [5.74, 6) is -1.31. The van der Waals surface area contributed by atoms with Crippen LogP contribution >= 0.6 is 0 Å². The zero-order chi connectivity index (χ0) is 13.5. The minimum absolute atomic E-state index is 0. The smallest absolute Gasteiger partial charge is 0.494 e. The van der Waals surface area contributed by atoms with Gasteiger partial charge in [0.2, 0.25) is 0 Å². The minimum Gasteiger partial charge on any atom is -0.507 e. The van der Waals surface area contributed by atoms with Crippen LogP contribution in [0, 0.1) is 0 Å². The van der Waals surface area contributed by atoms with Crippen molar-refractivity contribution in [1.29, 1.82) is 0 Å². The summed E-state index contributed by atoms with van der Waals surface area (Å²) < 4.78 is 9.12. The van der Waals surface area contributed by atoms with E-state index in [1.54, 1.807) is 18.7 Å². The number of aromatic carboxylic acids is 1. The summed E-state index contributed by atoms with van der Waals surface area (Å²) in [6, 6.07) is 5.81. The van der Waals surface area contributed by atoms with Crippen molar-refractivity contribution in [3.8, 4) is 5.75 Å². The van der Waals surface area contributed by atoms with Gasteiger partial charge >= 0.3 is 14.8 Å². The Kier molecular flexibility index (Phi) is 9.97. The molecule has 0 heterocycles. The summed E-state index contributed by atoms with van der Waals surface area (Å²) in [4.78, 5) is 19.1. The van der Waals surface area contributed by atoms with Crippen molar-refractivity contribution < 1.29 is 48.1 Å². The summed E-state index contributed by atoms with van der Waals surface area (Å²) in [5, 5.41) is 17.3. The first kappa shape index (κ1) is 19.5. The van der Waals surface area contributed by atoms with Crippen molar-refractivity contribution in [3.05, 3.63) is 29.8 Å². The molecule has 0 atom stereocenters. The molecular weight excluding hydrogens is 310 g/mol. The molecule has 98 valence electrons. The quantitative estimate of drug-likeness (QED) is 0.715. The van der Waals surface area contributed by atoms with E-state index in [1.807, 2.05) is 0 Å². The Bertz CT molecular complexity index is 365. The SMILES string of the molecule is CO[Si](C)(O)OC.O=C(O)c1ccccc1O.[Zn]. The molecule has 0 bridgehead atoms. The van der Waals surface area contributed by atoms with E-state index in [-0.39, 0.29) is 30.8 Å². The van der Waals surface area contributed by atoms with Crippen LogP contribution in [0.15, 0.2) is 24.3 Å². The fourth-order valence-electron chi connectivity index (χ4n) is 0.738. The number of rotatable bonds is 3. The maximum absolute atomic E-state index is 10.3. The Labute approximate surface area is 119 Å². The van der Waals surface area contributed by atoms with Gasteiger partial charge in [0.1, 0.15) is 11.3 Å². The third-order valence-electron chi connectivity index (χ3n) is 1.89. The van der Waals surface area contributed by atoms with Gasteiger partial charge in [-0.3, -0.25) is 0 Å². The molecule has 1 aromatic rings. The fourth-order valence-corrected chi connectivity index (χ4v) is 0.904. The molecule has 3 N–H and O–H groups in total. The van der Waals surface area contributed by atoms with Gasteiger partial charge in [0.25, 0.3) is 0 Å². The van der Waals surface area contributed by atoms with Crippen LogP contribution in [0.1, 0.15) is 10.4 Å². The molecule has 6 nitrogen and oxygen atoms in total. The Morgan fingerprint density at radius 2 is 1.67 bits per heavy atom. The van der Waals surface area contributed by atoms with Crippen molar-refractivity contribution >= 4 is 14.8 Å². The maximum Gasteiger partial charge on any atom is 0.494 e. The molecule has 1 aromatic carbocycles. The topological polar surface area (TPSA) is 96.2 Å². The average molecular weight is 326 g/mol.